The molecular weight excluding hydrogens is 424 g/mol. The van der Waals surface area contributed by atoms with Crippen LogP contribution in [0.25, 0.3) is 32.9 Å². The highest BCUT2D eigenvalue weighted by Crippen LogP contribution is 2.38. The molecule has 4 aromatic rings. The van der Waals surface area contributed by atoms with Crippen LogP contribution in [0.5, 0.6) is 5.75 Å². The number of rotatable bonds is 2. The van der Waals surface area contributed by atoms with E-state index in [-0.39, 0.29) is 40.2 Å². The summed E-state index contributed by atoms with van der Waals surface area (Å²) in [5.74, 6) is 1.73. The molecule has 8 heteroatoms. The van der Waals surface area contributed by atoms with Crippen molar-refractivity contribution in [2.24, 2.45) is 7.05 Å². The predicted octanol–water partition coefficient (Wildman–Crippen LogP) is 3.94. The highest BCUT2D eigenvalue weighted by Gasteiger charge is 2.27. The molecule has 5 rings (SSSR count). The second kappa shape index (κ2) is 7.71. The Morgan fingerprint density at radius 1 is 1.18 bits per heavy atom. The molecule has 0 saturated carbocycles. The Morgan fingerprint density at radius 3 is 2.61 bits per heavy atom. The van der Waals surface area contributed by atoms with Crippen LogP contribution in [-0.2, 0) is 7.05 Å². The van der Waals surface area contributed by atoms with Crippen molar-refractivity contribution in [3.05, 3.63) is 47.7 Å². The molecule has 2 N–H and O–H groups in total. The Hall–Kier alpha value is -3.70. The number of nitrogens with zero attached hydrogens (tertiary/aromatic N) is 4. The summed E-state index contributed by atoms with van der Waals surface area (Å²) in [6, 6.07) is 6.08. The van der Waals surface area contributed by atoms with E-state index in [9.17, 15) is 9.50 Å². The standard InChI is InChI=1S/C25H23F2N5O/c1-5-17-20(26)7-6-15-8-16(33)9-18(21(15)17)23-22(27)24-19(10-28-23)25(30-31(24)4)32-11-13(2)29-14(3)12-32/h1,6-10,13-14,29,33H,11-12H2,2-4H3/t13-,14?/m0/s1. The number of phenols is 1. The smallest absolute Gasteiger partial charge is 0.175 e. The van der Waals surface area contributed by atoms with Gasteiger partial charge < -0.3 is 15.3 Å². The minimum absolute atomic E-state index is 0.00159. The zero-order valence-electron chi connectivity index (χ0n) is 18.5. The zero-order valence-corrected chi connectivity index (χ0v) is 18.5. The van der Waals surface area contributed by atoms with Gasteiger partial charge in [0.2, 0.25) is 0 Å². The molecule has 0 aliphatic carbocycles. The quantitative estimate of drug-likeness (QED) is 0.456. The number of phenolic OH excluding ortho intramolecular Hbond substituents is 1. The number of halogens is 2. The number of pyridine rings is 1. The number of anilines is 1. The first-order valence-corrected chi connectivity index (χ1v) is 10.7. The first-order chi connectivity index (χ1) is 15.8. The summed E-state index contributed by atoms with van der Waals surface area (Å²) in [6.07, 6.45) is 7.15. The van der Waals surface area contributed by atoms with E-state index in [0.717, 1.165) is 13.1 Å². The van der Waals surface area contributed by atoms with E-state index in [1.165, 1.54) is 28.9 Å². The van der Waals surface area contributed by atoms with E-state index in [1.807, 2.05) is 0 Å². The third kappa shape index (κ3) is 3.36. The summed E-state index contributed by atoms with van der Waals surface area (Å²) in [5, 5.41) is 19.8. The van der Waals surface area contributed by atoms with Crippen LogP contribution in [0, 0.1) is 24.0 Å². The topological polar surface area (TPSA) is 66.2 Å². The number of hydrogen-bond acceptors (Lipinski definition) is 5. The molecule has 1 saturated heterocycles. The van der Waals surface area contributed by atoms with Gasteiger partial charge in [-0.25, -0.2) is 8.78 Å². The van der Waals surface area contributed by atoms with Crippen molar-refractivity contribution in [3.63, 3.8) is 0 Å². The summed E-state index contributed by atoms with van der Waals surface area (Å²) in [6.45, 7) is 5.67. The summed E-state index contributed by atoms with van der Waals surface area (Å²) in [7, 11) is 1.68. The van der Waals surface area contributed by atoms with E-state index < -0.39 is 11.6 Å². The SMILES string of the molecule is C#Cc1c(F)ccc2cc(O)cc(-c3ncc4c(N5CC(C)N[C@@H](C)C5)nn(C)c4c3F)c12. The highest BCUT2D eigenvalue weighted by atomic mass is 19.1. The molecule has 0 radical (unpaired) electrons. The van der Waals surface area contributed by atoms with Crippen LogP contribution in [0.1, 0.15) is 19.4 Å². The molecule has 0 bridgehead atoms. The van der Waals surface area contributed by atoms with Gasteiger partial charge in [-0.1, -0.05) is 12.0 Å². The number of nitrogens with one attached hydrogen (secondary N) is 1. The summed E-state index contributed by atoms with van der Waals surface area (Å²) >= 11 is 0. The number of terminal acetylenes is 1. The number of aromatic hydroxyl groups is 1. The molecule has 33 heavy (non-hydrogen) atoms. The number of aryl methyl sites for hydroxylation is 1. The van der Waals surface area contributed by atoms with E-state index in [1.54, 1.807) is 13.2 Å². The van der Waals surface area contributed by atoms with Gasteiger partial charge in [0.15, 0.2) is 11.6 Å². The van der Waals surface area contributed by atoms with Gasteiger partial charge in [-0.05, 0) is 37.4 Å². The summed E-state index contributed by atoms with van der Waals surface area (Å²) < 4.78 is 31.9. The molecule has 2 aromatic carbocycles. The average Bonchev–Trinajstić information content (AvgIpc) is 3.10. The monoisotopic (exact) mass is 447 g/mol. The molecule has 6 nitrogen and oxygen atoms in total. The van der Waals surface area contributed by atoms with Gasteiger partial charge in [0, 0.05) is 49.4 Å². The lowest BCUT2D eigenvalue weighted by molar-refractivity contribution is 0.405. The van der Waals surface area contributed by atoms with Crippen molar-refractivity contribution in [2.75, 3.05) is 18.0 Å². The normalized spacial score (nSPS) is 18.7. The lowest BCUT2D eigenvalue weighted by Crippen LogP contribution is -2.54. The third-order valence-electron chi connectivity index (χ3n) is 6.11. The second-order valence-corrected chi connectivity index (χ2v) is 8.66. The number of hydrogen-bond donors (Lipinski definition) is 2. The fraction of sp³-hybridized carbons (Fsp3) is 0.280. The second-order valence-electron chi connectivity index (χ2n) is 8.66. The largest absolute Gasteiger partial charge is 0.508 e. The van der Waals surface area contributed by atoms with E-state index >= 15 is 4.39 Å². The number of benzene rings is 2. The first-order valence-electron chi connectivity index (χ1n) is 10.7. The first kappa shape index (κ1) is 21.2. The van der Waals surface area contributed by atoms with Crippen molar-refractivity contribution in [2.45, 2.75) is 25.9 Å². The van der Waals surface area contributed by atoms with Gasteiger partial charge in [-0.15, -0.1) is 6.42 Å². The number of piperazine rings is 1. The van der Waals surface area contributed by atoms with Crippen LogP contribution < -0.4 is 10.2 Å². The molecule has 1 fully saturated rings. The molecular formula is C25H23F2N5O. The predicted molar refractivity (Wildman–Crippen MR) is 125 cm³/mol. The van der Waals surface area contributed by atoms with E-state index in [0.29, 0.717) is 22.0 Å². The van der Waals surface area contributed by atoms with Crippen molar-refractivity contribution in [1.82, 2.24) is 20.1 Å². The van der Waals surface area contributed by atoms with Gasteiger partial charge in [0.05, 0.1) is 10.9 Å². The lowest BCUT2D eigenvalue weighted by atomic mass is 9.96. The van der Waals surface area contributed by atoms with Gasteiger partial charge in [0.1, 0.15) is 22.8 Å². The Morgan fingerprint density at radius 2 is 1.91 bits per heavy atom. The molecule has 1 unspecified atom stereocenters. The molecule has 168 valence electrons. The van der Waals surface area contributed by atoms with Crippen LogP contribution in [0.3, 0.4) is 0 Å². The highest BCUT2D eigenvalue weighted by molar-refractivity contribution is 6.03. The molecule has 3 heterocycles. The summed E-state index contributed by atoms with van der Waals surface area (Å²) in [4.78, 5) is 6.54. The lowest BCUT2D eigenvalue weighted by Gasteiger charge is -2.36. The van der Waals surface area contributed by atoms with Crippen LogP contribution in [0.15, 0.2) is 30.5 Å². The molecule has 0 spiro atoms. The van der Waals surface area contributed by atoms with Crippen molar-refractivity contribution in [3.8, 4) is 29.4 Å². The zero-order chi connectivity index (χ0) is 23.4. The maximum Gasteiger partial charge on any atom is 0.175 e. The summed E-state index contributed by atoms with van der Waals surface area (Å²) in [5.41, 5.74) is 0.480. The molecule has 1 aliphatic heterocycles. The Kier molecular flexibility index (Phi) is 4.94. The number of fused-ring (bicyclic) bond motifs is 2. The Labute approximate surface area is 189 Å². The molecule has 2 atom stereocenters. The van der Waals surface area contributed by atoms with Crippen molar-refractivity contribution < 1.29 is 13.9 Å². The molecule has 0 amide bonds. The van der Waals surface area contributed by atoms with Gasteiger partial charge in [-0.2, -0.15) is 5.10 Å². The Bertz CT molecular complexity index is 1450. The van der Waals surface area contributed by atoms with Crippen molar-refractivity contribution >= 4 is 27.5 Å². The fourth-order valence-corrected chi connectivity index (χ4v) is 4.88. The van der Waals surface area contributed by atoms with Crippen LogP contribution in [-0.4, -0.2) is 45.0 Å². The van der Waals surface area contributed by atoms with Crippen molar-refractivity contribution in [1.29, 1.82) is 0 Å². The third-order valence-corrected chi connectivity index (χ3v) is 6.11. The maximum absolute atomic E-state index is 16.0. The van der Waals surface area contributed by atoms with Gasteiger partial charge in [0.25, 0.3) is 0 Å². The van der Waals surface area contributed by atoms with Crippen LogP contribution >= 0.6 is 0 Å². The van der Waals surface area contributed by atoms with E-state index in [2.05, 4.69) is 40.1 Å². The van der Waals surface area contributed by atoms with Gasteiger partial charge in [-0.3, -0.25) is 9.67 Å². The van der Waals surface area contributed by atoms with E-state index in [4.69, 9.17) is 6.42 Å². The van der Waals surface area contributed by atoms with Crippen LogP contribution in [0.4, 0.5) is 14.6 Å². The molecule has 2 aromatic heterocycles. The van der Waals surface area contributed by atoms with Gasteiger partial charge >= 0.3 is 0 Å². The maximum atomic E-state index is 16.0. The average molecular weight is 447 g/mol. The minimum atomic E-state index is -0.607. The minimum Gasteiger partial charge on any atom is -0.508 e. The molecule has 1 aliphatic rings. The Balaban J connectivity index is 1.75. The fourth-order valence-electron chi connectivity index (χ4n) is 4.88. The van der Waals surface area contributed by atoms with Crippen LogP contribution in [0.2, 0.25) is 0 Å². The number of aromatic nitrogens is 3.